The minimum absolute atomic E-state index is 0.0436. The highest BCUT2D eigenvalue weighted by atomic mass is 35.5. The molecule has 1 heterocycles. The zero-order valence-electron chi connectivity index (χ0n) is 13.0. The smallest absolute Gasteiger partial charge is 0.317 e. The summed E-state index contributed by atoms with van der Waals surface area (Å²) in [4.78, 5) is 27.1. The number of likely N-dealkylation sites (N-methyl/N-ethyl adjacent to an activating group) is 1. The molecule has 1 N–H and O–H groups in total. The van der Waals surface area contributed by atoms with Crippen molar-refractivity contribution >= 4 is 35.1 Å². The maximum Gasteiger partial charge on any atom is 0.317 e. The normalized spacial score (nSPS) is 15.9. The summed E-state index contributed by atoms with van der Waals surface area (Å²) in [7, 11) is 0. The van der Waals surface area contributed by atoms with Gasteiger partial charge in [-0.05, 0) is 37.6 Å². The van der Waals surface area contributed by atoms with E-state index in [1.807, 2.05) is 11.8 Å². The van der Waals surface area contributed by atoms with E-state index >= 15 is 0 Å². The van der Waals surface area contributed by atoms with Gasteiger partial charge in [0, 0.05) is 24.7 Å². The van der Waals surface area contributed by atoms with Crippen molar-refractivity contribution < 1.29 is 14.7 Å². The molecule has 1 fully saturated rings. The number of aliphatic carboxylic acids is 1. The second-order valence-corrected chi connectivity index (χ2v) is 6.42. The molecule has 1 aromatic carbocycles. The number of carbonyl (C=O) groups is 2. The zero-order valence-corrected chi connectivity index (χ0v) is 14.5. The molecule has 0 aromatic heterocycles. The van der Waals surface area contributed by atoms with E-state index in [0.29, 0.717) is 35.2 Å². The van der Waals surface area contributed by atoms with Crippen molar-refractivity contribution in [3.05, 3.63) is 33.8 Å². The van der Waals surface area contributed by atoms with E-state index in [1.165, 1.54) is 0 Å². The third-order valence-electron chi connectivity index (χ3n) is 4.18. The van der Waals surface area contributed by atoms with Crippen molar-refractivity contribution in [2.75, 3.05) is 26.2 Å². The molecule has 126 valence electrons. The number of halogens is 2. The number of rotatable bonds is 5. The number of carboxylic acid groups (broad SMARTS) is 1. The lowest BCUT2D eigenvalue weighted by atomic mass is 10.0. The van der Waals surface area contributed by atoms with E-state index in [0.717, 1.165) is 12.8 Å². The number of likely N-dealkylation sites (tertiary alicyclic amines) is 1. The molecule has 5 nitrogen and oxygen atoms in total. The Morgan fingerprint density at radius 1 is 1.26 bits per heavy atom. The van der Waals surface area contributed by atoms with Gasteiger partial charge < -0.3 is 10.0 Å². The molecule has 1 aliphatic heterocycles. The first-order valence-electron chi connectivity index (χ1n) is 7.62. The van der Waals surface area contributed by atoms with Crippen LogP contribution < -0.4 is 0 Å². The first-order valence-corrected chi connectivity index (χ1v) is 8.38. The highest BCUT2D eigenvalue weighted by Gasteiger charge is 2.27. The van der Waals surface area contributed by atoms with Crippen LogP contribution in [0.15, 0.2) is 18.2 Å². The molecule has 7 heteroatoms. The van der Waals surface area contributed by atoms with Crippen molar-refractivity contribution in [1.82, 2.24) is 9.80 Å². The monoisotopic (exact) mass is 358 g/mol. The Hall–Kier alpha value is -1.30. The SMILES string of the molecule is CCN(CC(=O)O)C1CCN(C(=O)c2ccc(Cl)c(Cl)c2)CC1. The molecule has 1 aromatic rings. The second kappa shape index (κ2) is 7.99. The summed E-state index contributed by atoms with van der Waals surface area (Å²) in [5.74, 6) is -0.885. The minimum atomic E-state index is -0.818. The third kappa shape index (κ3) is 4.59. The molecule has 0 radical (unpaired) electrons. The van der Waals surface area contributed by atoms with Gasteiger partial charge in [0.2, 0.25) is 0 Å². The predicted molar refractivity (Wildman–Crippen MR) is 90.3 cm³/mol. The molecular weight excluding hydrogens is 339 g/mol. The molecule has 1 aliphatic rings. The van der Waals surface area contributed by atoms with Gasteiger partial charge in [-0.3, -0.25) is 14.5 Å². The Morgan fingerprint density at radius 2 is 1.91 bits per heavy atom. The van der Waals surface area contributed by atoms with Gasteiger partial charge >= 0.3 is 5.97 Å². The summed E-state index contributed by atoms with van der Waals surface area (Å²) in [6.45, 7) is 3.91. The summed E-state index contributed by atoms with van der Waals surface area (Å²) in [6.07, 6.45) is 1.54. The molecule has 0 spiro atoms. The fraction of sp³-hybridized carbons (Fsp3) is 0.500. The maximum absolute atomic E-state index is 12.5. The van der Waals surface area contributed by atoms with Gasteiger partial charge in [0.1, 0.15) is 0 Å². The Bertz CT molecular complexity index is 587. The van der Waals surface area contributed by atoms with Crippen LogP contribution in [0, 0.1) is 0 Å². The molecular formula is C16H20Cl2N2O3. The number of benzene rings is 1. The summed E-state index contributed by atoms with van der Waals surface area (Å²) < 4.78 is 0. The number of amides is 1. The average Bonchev–Trinajstić information content (AvgIpc) is 2.54. The molecule has 0 bridgehead atoms. The lowest BCUT2D eigenvalue weighted by molar-refractivity contribution is -0.139. The Labute approximate surface area is 145 Å². The van der Waals surface area contributed by atoms with Gasteiger partial charge in [-0.15, -0.1) is 0 Å². The first-order chi connectivity index (χ1) is 10.9. The Balaban J connectivity index is 1.96. The van der Waals surface area contributed by atoms with Crippen LogP contribution in [-0.4, -0.2) is 59.0 Å². The molecule has 1 amide bonds. The summed E-state index contributed by atoms with van der Waals surface area (Å²) in [5.41, 5.74) is 0.524. The summed E-state index contributed by atoms with van der Waals surface area (Å²) in [5, 5.41) is 9.75. The van der Waals surface area contributed by atoms with Crippen molar-refractivity contribution in [1.29, 1.82) is 0 Å². The molecule has 23 heavy (non-hydrogen) atoms. The largest absolute Gasteiger partial charge is 0.480 e. The number of nitrogens with zero attached hydrogens (tertiary/aromatic N) is 2. The highest BCUT2D eigenvalue weighted by Crippen LogP contribution is 2.24. The molecule has 0 unspecified atom stereocenters. The Kier molecular flexibility index (Phi) is 6.27. The van der Waals surface area contributed by atoms with Gasteiger partial charge in [0.15, 0.2) is 0 Å². The minimum Gasteiger partial charge on any atom is -0.480 e. The first kappa shape index (κ1) is 18.0. The predicted octanol–water partition coefficient (Wildman–Crippen LogP) is 3.00. The van der Waals surface area contributed by atoms with Crippen LogP contribution >= 0.6 is 23.2 Å². The van der Waals surface area contributed by atoms with Crippen LogP contribution in [0.3, 0.4) is 0 Å². The average molecular weight is 359 g/mol. The fourth-order valence-electron chi connectivity index (χ4n) is 2.92. The fourth-order valence-corrected chi connectivity index (χ4v) is 3.22. The van der Waals surface area contributed by atoms with Crippen LogP contribution in [0.4, 0.5) is 0 Å². The maximum atomic E-state index is 12.5. The van der Waals surface area contributed by atoms with Crippen LogP contribution in [0.1, 0.15) is 30.1 Å². The lowest BCUT2D eigenvalue weighted by Gasteiger charge is -2.37. The third-order valence-corrected chi connectivity index (χ3v) is 4.92. The number of carbonyl (C=O) groups excluding carboxylic acids is 1. The van der Waals surface area contributed by atoms with Crippen LogP contribution in [0.5, 0.6) is 0 Å². The van der Waals surface area contributed by atoms with E-state index < -0.39 is 5.97 Å². The molecule has 0 atom stereocenters. The van der Waals surface area contributed by atoms with E-state index in [4.69, 9.17) is 28.3 Å². The molecule has 0 aliphatic carbocycles. The number of hydrogen-bond donors (Lipinski definition) is 1. The summed E-state index contributed by atoms with van der Waals surface area (Å²) >= 11 is 11.8. The quantitative estimate of drug-likeness (QED) is 0.878. The molecule has 0 saturated carbocycles. The summed E-state index contributed by atoms with van der Waals surface area (Å²) in [6, 6.07) is 5.08. The number of carboxylic acids is 1. The van der Waals surface area contributed by atoms with Crippen molar-refractivity contribution in [2.24, 2.45) is 0 Å². The van der Waals surface area contributed by atoms with Crippen molar-refractivity contribution in [3.8, 4) is 0 Å². The standard InChI is InChI=1S/C16H20Cl2N2O3/c1-2-19(10-15(21)22)12-5-7-20(8-6-12)16(23)11-3-4-13(17)14(18)9-11/h3-4,9,12H,2,5-8,10H2,1H3,(H,21,22). The topological polar surface area (TPSA) is 60.9 Å². The van der Waals surface area contributed by atoms with E-state index in [9.17, 15) is 9.59 Å². The lowest BCUT2D eigenvalue weighted by Crippen LogP contribution is -2.48. The molecule has 1 saturated heterocycles. The van der Waals surface area contributed by atoms with Gasteiger partial charge in [-0.2, -0.15) is 0 Å². The number of hydrogen-bond acceptors (Lipinski definition) is 3. The second-order valence-electron chi connectivity index (χ2n) is 5.61. The van der Waals surface area contributed by atoms with Gasteiger partial charge in [0.05, 0.1) is 16.6 Å². The molecule has 2 rings (SSSR count). The number of piperidine rings is 1. The van der Waals surface area contributed by atoms with Gasteiger partial charge in [-0.1, -0.05) is 30.1 Å². The van der Waals surface area contributed by atoms with E-state index in [-0.39, 0.29) is 18.5 Å². The van der Waals surface area contributed by atoms with E-state index in [1.54, 1.807) is 23.1 Å². The van der Waals surface area contributed by atoms with Crippen molar-refractivity contribution in [3.63, 3.8) is 0 Å². The Morgan fingerprint density at radius 3 is 2.43 bits per heavy atom. The highest BCUT2D eigenvalue weighted by molar-refractivity contribution is 6.42. The van der Waals surface area contributed by atoms with Crippen LogP contribution in [0.25, 0.3) is 0 Å². The van der Waals surface area contributed by atoms with Gasteiger partial charge in [-0.25, -0.2) is 0 Å². The van der Waals surface area contributed by atoms with Crippen molar-refractivity contribution in [2.45, 2.75) is 25.8 Å². The van der Waals surface area contributed by atoms with E-state index in [2.05, 4.69) is 0 Å². The van der Waals surface area contributed by atoms with Crippen LogP contribution in [0.2, 0.25) is 10.0 Å². The van der Waals surface area contributed by atoms with Gasteiger partial charge in [0.25, 0.3) is 5.91 Å². The van der Waals surface area contributed by atoms with Crippen LogP contribution in [-0.2, 0) is 4.79 Å². The zero-order chi connectivity index (χ0) is 17.0.